The highest BCUT2D eigenvalue weighted by molar-refractivity contribution is 7.99. The van der Waals surface area contributed by atoms with Gasteiger partial charge in [0.1, 0.15) is 0 Å². The number of carbonyl (C=O) groups is 1. The molecule has 7 nitrogen and oxygen atoms in total. The third-order valence-corrected chi connectivity index (χ3v) is 3.11. The van der Waals surface area contributed by atoms with Crippen LogP contribution in [0.3, 0.4) is 0 Å². The molecule has 1 aromatic heterocycles. The van der Waals surface area contributed by atoms with Crippen molar-refractivity contribution in [2.24, 2.45) is 7.05 Å². The Hall–Kier alpha value is -1.28. The van der Waals surface area contributed by atoms with Crippen molar-refractivity contribution in [3.8, 4) is 0 Å². The van der Waals surface area contributed by atoms with Gasteiger partial charge in [0.25, 0.3) is 0 Å². The maximum absolute atomic E-state index is 10.5. The van der Waals surface area contributed by atoms with Crippen molar-refractivity contribution in [1.29, 1.82) is 0 Å². The molecule has 17 heavy (non-hydrogen) atoms. The van der Waals surface area contributed by atoms with E-state index >= 15 is 0 Å². The molecular formula is C9H16N4O3S. The van der Waals surface area contributed by atoms with Gasteiger partial charge in [0, 0.05) is 27.7 Å². The van der Waals surface area contributed by atoms with Crippen LogP contribution in [-0.4, -0.2) is 58.9 Å². The Labute approximate surface area is 104 Å². The minimum absolute atomic E-state index is 0.0201. The van der Waals surface area contributed by atoms with Gasteiger partial charge >= 0.3 is 5.97 Å². The molecule has 0 amide bonds. The largest absolute Gasteiger partial charge is 0.481 e. The third-order valence-electron chi connectivity index (χ3n) is 2.11. The van der Waals surface area contributed by atoms with Crippen LogP contribution < -0.4 is 4.90 Å². The van der Waals surface area contributed by atoms with Crippen LogP contribution in [0.4, 0.5) is 5.95 Å². The summed E-state index contributed by atoms with van der Waals surface area (Å²) in [6.07, 6.45) is 0. The second-order valence-corrected chi connectivity index (χ2v) is 4.38. The number of rotatable bonds is 7. The van der Waals surface area contributed by atoms with Crippen molar-refractivity contribution in [3.05, 3.63) is 0 Å². The van der Waals surface area contributed by atoms with Gasteiger partial charge in [-0.05, 0) is 0 Å². The Morgan fingerprint density at radius 1 is 1.59 bits per heavy atom. The van der Waals surface area contributed by atoms with Crippen molar-refractivity contribution < 1.29 is 14.6 Å². The first-order chi connectivity index (χ1) is 8.06. The number of methoxy groups -OCH3 is 1. The zero-order valence-electron chi connectivity index (χ0n) is 10.1. The standard InChI is InChI=1S/C9H16N4O3S/c1-12(4-5-16-3)8-10-11-9(13(8)2)17-6-7(14)15/h4-6H2,1-3H3,(H,14,15). The molecule has 8 heteroatoms. The number of carboxylic acid groups (broad SMARTS) is 1. The molecular weight excluding hydrogens is 244 g/mol. The smallest absolute Gasteiger partial charge is 0.313 e. The molecule has 96 valence electrons. The molecule has 0 saturated carbocycles. The normalized spacial score (nSPS) is 10.5. The van der Waals surface area contributed by atoms with Crippen LogP contribution >= 0.6 is 11.8 Å². The number of aliphatic carboxylic acids is 1. The predicted octanol–water partition coefficient (Wildman–Crippen LogP) is 0.0744. The molecule has 1 heterocycles. The summed E-state index contributed by atoms with van der Waals surface area (Å²) >= 11 is 1.15. The molecule has 0 bridgehead atoms. The summed E-state index contributed by atoms with van der Waals surface area (Å²) in [6, 6.07) is 0. The van der Waals surface area contributed by atoms with E-state index in [4.69, 9.17) is 9.84 Å². The van der Waals surface area contributed by atoms with Crippen molar-refractivity contribution in [1.82, 2.24) is 14.8 Å². The van der Waals surface area contributed by atoms with Gasteiger partial charge < -0.3 is 14.7 Å². The Morgan fingerprint density at radius 2 is 2.29 bits per heavy atom. The lowest BCUT2D eigenvalue weighted by molar-refractivity contribution is -0.133. The summed E-state index contributed by atoms with van der Waals surface area (Å²) in [7, 11) is 5.33. The molecule has 1 aromatic rings. The number of hydrogen-bond donors (Lipinski definition) is 1. The Bertz CT molecular complexity index is 382. The molecule has 0 aromatic carbocycles. The number of anilines is 1. The second kappa shape index (κ2) is 6.45. The lowest BCUT2D eigenvalue weighted by atomic mass is 10.6. The Kier molecular flexibility index (Phi) is 5.23. The summed E-state index contributed by atoms with van der Waals surface area (Å²) < 4.78 is 6.74. The number of carboxylic acids is 1. The van der Waals surface area contributed by atoms with E-state index in [0.29, 0.717) is 24.3 Å². The van der Waals surface area contributed by atoms with E-state index in [-0.39, 0.29) is 5.75 Å². The Balaban J connectivity index is 2.65. The van der Waals surface area contributed by atoms with Gasteiger partial charge in [-0.1, -0.05) is 11.8 Å². The van der Waals surface area contributed by atoms with Crippen LogP contribution in [0, 0.1) is 0 Å². The summed E-state index contributed by atoms with van der Waals surface area (Å²) in [5.74, 6) is -0.199. The maximum atomic E-state index is 10.5. The molecule has 0 atom stereocenters. The van der Waals surface area contributed by atoms with Crippen LogP contribution in [0.5, 0.6) is 0 Å². The van der Waals surface area contributed by atoms with E-state index in [2.05, 4.69) is 10.2 Å². The van der Waals surface area contributed by atoms with E-state index in [0.717, 1.165) is 11.8 Å². The topological polar surface area (TPSA) is 80.5 Å². The fraction of sp³-hybridized carbons (Fsp3) is 0.667. The fourth-order valence-electron chi connectivity index (χ4n) is 1.22. The van der Waals surface area contributed by atoms with E-state index in [1.165, 1.54) is 0 Å². The van der Waals surface area contributed by atoms with Crippen molar-refractivity contribution in [3.63, 3.8) is 0 Å². The lowest BCUT2D eigenvalue weighted by Crippen LogP contribution is -2.24. The number of nitrogens with zero attached hydrogens (tertiary/aromatic N) is 4. The van der Waals surface area contributed by atoms with E-state index in [1.54, 1.807) is 11.7 Å². The average Bonchev–Trinajstić information content (AvgIpc) is 2.65. The molecule has 0 radical (unpaired) electrons. The van der Waals surface area contributed by atoms with Gasteiger partial charge in [-0.3, -0.25) is 9.36 Å². The quantitative estimate of drug-likeness (QED) is 0.695. The molecule has 0 aliphatic rings. The van der Waals surface area contributed by atoms with E-state index < -0.39 is 5.97 Å². The number of thioether (sulfide) groups is 1. The SMILES string of the molecule is COCCN(C)c1nnc(SCC(=O)O)n1C. The van der Waals surface area contributed by atoms with Crippen LogP contribution in [0.2, 0.25) is 0 Å². The first-order valence-electron chi connectivity index (χ1n) is 5.00. The highest BCUT2D eigenvalue weighted by atomic mass is 32.2. The zero-order chi connectivity index (χ0) is 12.8. The van der Waals surface area contributed by atoms with Gasteiger partial charge in [-0.25, -0.2) is 0 Å². The first-order valence-corrected chi connectivity index (χ1v) is 5.99. The summed E-state index contributed by atoms with van der Waals surface area (Å²) in [4.78, 5) is 12.4. The molecule has 0 aliphatic heterocycles. The molecule has 0 spiro atoms. The molecule has 0 fully saturated rings. The van der Waals surface area contributed by atoms with Gasteiger partial charge in [0.05, 0.1) is 12.4 Å². The van der Waals surface area contributed by atoms with Crippen LogP contribution in [0.15, 0.2) is 5.16 Å². The zero-order valence-corrected chi connectivity index (χ0v) is 10.9. The molecule has 0 unspecified atom stereocenters. The van der Waals surface area contributed by atoms with E-state index in [9.17, 15) is 4.79 Å². The fourth-order valence-corrected chi connectivity index (χ4v) is 1.85. The van der Waals surface area contributed by atoms with Crippen molar-refractivity contribution >= 4 is 23.7 Å². The minimum atomic E-state index is -0.868. The lowest BCUT2D eigenvalue weighted by Gasteiger charge is -2.16. The first kappa shape index (κ1) is 13.8. The second-order valence-electron chi connectivity index (χ2n) is 3.44. The van der Waals surface area contributed by atoms with Crippen molar-refractivity contribution in [2.45, 2.75) is 5.16 Å². The third kappa shape index (κ3) is 3.90. The number of likely N-dealkylation sites (N-methyl/N-ethyl adjacent to an activating group) is 1. The van der Waals surface area contributed by atoms with Crippen LogP contribution in [0.1, 0.15) is 0 Å². The van der Waals surface area contributed by atoms with E-state index in [1.807, 2.05) is 19.0 Å². The van der Waals surface area contributed by atoms with Gasteiger partial charge in [-0.15, -0.1) is 10.2 Å². The minimum Gasteiger partial charge on any atom is -0.481 e. The highest BCUT2D eigenvalue weighted by Crippen LogP contribution is 2.19. The number of hydrogen-bond acceptors (Lipinski definition) is 6. The van der Waals surface area contributed by atoms with Crippen molar-refractivity contribution in [2.75, 3.05) is 38.0 Å². The predicted molar refractivity (Wildman–Crippen MR) is 64.5 cm³/mol. The van der Waals surface area contributed by atoms with Crippen LogP contribution in [-0.2, 0) is 16.6 Å². The number of ether oxygens (including phenoxy) is 1. The van der Waals surface area contributed by atoms with Gasteiger partial charge in [0.2, 0.25) is 5.95 Å². The summed E-state index contributed by atoms with van der Waals surface area (Å²) in [6.45, 7) is 1.30. The number of aromatic nitrogens is 3. The molecule has 0 aliphatic carbocycles. The monoisotopic (exact) mass is 260 g/mol. The molecule has 1 N–H and O–H groups in total. The average molecular weight is 260 g/mol. The maximum Gasteiger partial charge on any atom is 0.313 e. The molecule has 1 rings (SSSR count). The van der Waals surface area contributed by atoms with Gasteiger partial charge in [0.15, 0.2) is 5.16 Å². The summed E-state index contributed by atoms with van der Waals surface area (Å²) in [5, 5.41) is 17.1. The van der Waals surface area contributed by atoms with Gasteiger partial charge in [-0.2, -0.15) is 0 Å². The summed E-state index contributed by atoms with van der Waals surface area (Å²) in [5.41, 5.74) is 0. The van der Waals surface area contributed by atoms with Crippen LogP contribution in [0.25, 0.3) is 0 Å². The Morgan fingerprint density at radius 3 is 2.88 bits per heavy atom. The molecule has 0 saturated heterocycles. The highest BCUT2D eigenvalue weighted by Gasteiger charge is 2.13.